The van der Waals surface area contributed by atoms with Crippen LogP contribution in [-0.2, 0) is 0 Å². The third kappa shape index (κ3) is 2.61. The summed E-state index contributed by atoms with van der Waals surface area (Å²) in [4.78, 5) is 18.8. The normalized spacial score (nSPS) is 10.6. The molecule has 5 heteroatoms. The number of aromatic amines is 1. The van der Waals surface area contributed by atoms with E-state index in [4.69, 9.17) is 5.73 Å². The first kappa shape index (κ1) is 14.0. The number of hydrogen-bond acceptors (Lipinski definition) is 2. The number of carbonyl (C=O) groups is 1. The number of H-pyrrole nitrogens is 1. The standard InChI is InChI=1S/C17H14FN3O/c1-10-20-15(11-2-4-13(5-3-11)17(19)22)16(21-10)12-6-8-14(18)9-7-12/h2-9H,1H3,(H2,19,22)(H,20,21). The second kappa shape index (κ2) is 5.44. The molecule has 3 aromatic rings. The Hall–Kier alpha value is -2.95. The third-order valence-corrected chi connectivity index (χ3v) is 3.40. The average Bonchev–Trinajstić information content (AvgIpc) is 2.90. The van der Waals surface area contributed by atoms with Gasteiger partial charge >= 0.3 is 0 Å². The van der Waals surface area contributed by atoms with Crippen molar-refractivity contribution in [1.29, 1.82) is 0 Å². The molecule has 110 valence electrons. The van der Waals surface area contributed by atoms with Gasteiger partial charge in [-0.25, -0.2) is 9.37 Å². The molecule has 0 spiro atoms. The van der Waals surface area contributed by atoms with E-state index in [1.807, 2.05) is 6.92 Å². The van der Waals surface area contributed by atoms with Crippen molar-refractivity contribution in [3.63, 3.8) is 0 Å². The number of aryl methyl sites for hydroxylation is 1. The van der Waals surface area contributed by atoms with Crippen LogP contribution in [0.25, 0.3) is 22.5 Å². The van der Waals surface area contributed by atoms with Crippen LogP contribution in [0.15, 0.2) is 48.5 Å². The Morgan fingerprint density at radius 2 is 1.64 bits per heavy atom. The quantitative estimate of drug-likeness (QED) is 0.778. The van der Waals surface area contributed by atoms with Gasteiger partial charge in [-0.15, -0.1) is 0 Å². The number of hydrogen-bond donors (Lipinski definition) is 2. The Kier molecular flexibility index (Phi) is 3.47. The van der Waals surface area contributed by atoms with Crippen molar-refractivity contribution in [3.8, 4) is 22.5 Å². The lowest BCUT2D eigenvalue weighted by Gasteiger charge is -2.04. The molecule has 1 aromatic heterocycles. The molecule has 0 aliphatic rings. The molecule has 3 N–H and O–H groups in total. The Labute approximate surface area is 126 Å². The summed E-state index contributed by atoms with van der Waals surface area (Å²) in [6.07, 6.45) is 0. The topological polar surface area (TPSA) is 71.8 Å². The van der Waals surface area contributed by atoms with Gasteiger partial charge in [0, 0.05) is 16.7 Å². The SMILES string of the molecule is Cc1nc(-c2ccc(C(N)=O)cc2)c(-c2ccc(F)cc2)[nH]1. The number of halogens is 1. The van der Waals surface area contributed by atoms with E-state index in [1.165, 1.54) is 12.1 Å². The van der Waals surface area contributed by atoms with Gasteiger partial charge in [-0.3, -0.25) is 4.79 Å². The average molecular weight is 295 g/mol. The van der Waals surface area contributed by atoms with E-state index >= 15 is 0 Å². The van der Waals surface area contributed by atoms with Gasteiger partial charge in [0.15, 0.2) is 0 Å². The molecule has 22 heavy (non-hydrogen) atoms. The first-order valence-corrected chi connectivity index (χ1v) is 6.77. The second-order valence-electron chi connectivity index (χ2n) is 4.99. The number of benzene rings is 2. The fraction of sp³-hybridized carbons (Fsp3) is 0.0588. The molecule has 0 bridgehead atoms. The van der Waals surface area contributed by atoms with Gasteiger partial charge in [-0.2, -0.15) is 0 Å². The van der Waals surface area contributed by atoms with Crippen LogP contribution in [0.1, 0.15) is 16.2 Å². The summed E-state index contributed by atoms with van der Waals surface area (Å²) >= 11 is 0. The first-order chi connectivity index (χ1) is 10.5. The number of rotatable bonds is 3. The highest BCUT2D eigenvalue weighted by atomic mass is 19.1. The zero-order valence-electron chi connectivity index (χ0n) is 11.9. The molecule has 2 aromatic carbocycles. The zero-order chi connectivity index (χ0) is 15.7. The Bertz CT molecular complexity index is 820. The van der Waals surface area contributed by atoms with E-state index in [0.717, 1.165) is 28.3 Å². The molecule has 3 rings (SSSR count). The summed E-state index contributed by atoms with van der Waals surface area (Å²) in [5.41, 5.74) is 8.95. The summed E-state index contributed by atoms with van der Waals surface area (Å²) in [6, 6.07) is 13.1. The second-order valence-corrected chi connectivity index (χ2v) is 4.99. The molecule has 0 radical (unpaired) electrons. The molecule has 1 heterocycles. The van der Waals surface area contributed by atoms with Gasteiger partial charge in [0.05, 0.1) is 11.4 Å². The van der Waals surface area contributed by atoms with E-state index in [2.05, 4.69) is 9.97 Å². The van der Waals surface area contributed by atoms with Gasteiger partial charge in [0.2, 0.25) is 5.91 Å². The molecule has 1 amide bonds. The van der Waals surface area contributed by atoms with Gasteiger partial charge < -0.3 is 10.7 Å². The highest BCUT2D eigenvalue weighted by Gasteiger charge is 2.13. The summed E-state index contributed by atoms with van der Waals surface area (Å²) < 4.78 is 13.1. The van der Waals surface area contributed by atoms with Crippen molar-refractivity contribution < 1.29 is 9.18 Å². The van der Waals surface area contributed by atoms with E-state index < -0.39 is 5.91 Å². The van der Waals surface area contributed by atoms with Gasteiger partial charge in [0.1, 0.15) is 11.6 Å². The van der Waals surface area contributed by atoms with Crippen LogP contribution in [0.4, 0.5) is 4.39 Å². The number of nitrogens with one attached hydrogen (secondary N) is 1. The third-order valence-electron chi connectivity index (χ3n) is 3.40. The van der Waals surface area contributed by atoms with Gasteiger partial charge in [-0.05, 0) is 43.3 Å². The Morgan fingerprint density at radius 3 is 2.23 bits per heavy atom. The number of aromatic nitrogens is 2. The van der Waals surface area contributed by atoms with Gasteiger partial charge in [0.25, 0.3) is 0 Å². The van der Waals surface area contributed by atoms with Crippen LogP contribution in [0.5, 0.6) is 0 Å². The summed E-state index contributed by atoms with van der Waals surface area (Å²) in [7, 11) is 0. The van der Waals surface area contributed by atoms with E-state index in [9.17, 15) is 9.18 Å². The van der Waals surface area contributed by atoms with Crippen molar-refractivity contribution in [2.75, 3.05) is 0 Å². The van der Waals surface area contributed by atoms with Crippen LogP contribution in [0.3, 0.4) is 0 Å². The molecular weight excluding hydrogens is 281 g/mol. The fourth-order valence-electron chi connectivity index (χ4n) is 2.32. The fourth-order valence-corrected chi connectivity index (χ4v) is 2.32. The molecule has 0 aliphatic heterocycles. The predicted octanol–water partition coefficient (Wildman–Crippen LogP) is 3.29. The van der Waals surface area contributed by atoms with E-state index in [0.29, 0.717) is 5.56 Å². The Balaban J connectivity index is 2.07. The van der Waals surface area contributed by atoms with E-state index in [1.54, 1.807) is 36.4 Å². The van der Waals surface area contributed by atoms with Crippen molar-refractivity contribution in [3.05, 3.63) is 65.7 Å². The number of nitrogens with zero attached hydrogens (tertiary/aromatic N) is 1. The minimum Gasteiger partial charge on any atom is -0.366 e. The summed E-state index contributed by atoms with van der Waals surface area (Å²) in [6.45, 7) is 1.86. The molecule has 0 atom stereocenters. The minimum absolute atomic E-state index is 0.285. The molecule has 0 aliphatic carbocycles. The first-order valence-electron chi connectivity index (χ1n) is 6.77. The van der Waals surface area contributed by atoms with Crippen LogP contribution < -0.4 is 5.73 Å². The minimum atomic E-state index is -0.469. The van der Waals surface area contributed by atoms with Crippen LogP contribution in [0.2, 0.25) is 0 Å². The molecular formula is C17H14FN3O. The Morgan fingerprint density at radius 1 is 1.05 bits per heavy atom. The summed E-state index contributed by atoms with van der Waals surface area (Å²) in [5, 5.41) is 0. The van der Waals surface area contributed by atoms with Gasteiger partial charge in [-0.1, -0.05) is 12.1 Å². The largest absolute Gasteiger partial charge is 0.366 e. The van der Waals surface area contributed by atoms with Crippen LogP contribution in [-0.4, -0.2) is 15.9 Å². The lowest BCUT2D eigenvalue weighted by Crippen LogP contribution is -2.10. The maximum atomic E-state index is 13.1. The van der Waals surface area contributed by atoms with Crippen LogP contribution in [0, 0.1) is 12.7 Å². The number of carbonyl (C=O) groups excluding carboxylic acids is 1. The number of primary amides is 1. The number of amides is 1. The molecule has 0 fully saturated rings. The number of imidazole rings is 1. The smallest absolute Gasteiger partial charge is 0.248 e. The molecule has 0 saturated heterocycles. The molecule has 0 saturated carbocycles. The van der Waals surface area contributed by atoms with Crippen LogP contribution >= 0.6 is 0 Å². The predicted molar refractivity (Wildman–Crippen MR) is 82.7 cm³/mol. The highest BCUT2D eigenvalue weighted by Crippen LogP contribution is 2.30. The van der Waals surface area contributed by atoms with E-state index in [-0.39, 0.29) is 5.82 Å². The maximum Gasteiger partial charge on any atom is 0.248 e. The van der Waals surface area contributed by atoms with Crippen molar-refractivity contribution >= 4 is 5.91 Å². The van der Waals surface area contributed by atoms with Crippen molar-refractivity contribution in [1.82, 2.24) is 9.97 Å². The summed E-state index contributed by atoms with van der Waals surface area (Å²) in [5.74, 6) is 0.00386. The highest BCUT2D eigenvalue weighted by molar-refractivity contribution is 5.93. The zero-order valence-corrected chi connectivity index (χ0v) is 11.9. The lowest BCUT2D eigenvalue weighted by atomic mass is 10.0. The van der Waals surface area contributed by atoms with Crippen molar-refractivity contribution in [2.24, 2.45) is 5.73 Å². The molecule has 0 unspecified atom stereocenters. The lowest BCUT2D eigenvalue weighted by molar-refractivity contribution is 0.100. The molecule has 4 nitrogen and oxygen atoms in total. The van der Waals surface area contributed by atoms with Crippen molar-refractivity contribution in [2.45, 2.75) is 6.92 Å². The maximum absolute atomic E-state index is 13.1. The monoisotopic (exact) mass is 295 g/mol. The number of nitrogens with two attached hydrogens (primary N) is 1.